The number of amides is 2. The Bertz CT molecular complexity index is 1150. The zero-order valence-corrected chi connectivity index (χ0v) is 27.5. The van der Waals surface area contributed by atoms with Crippen molar-refractivity contribution in [2.24, 2.45) is 5.92 Å². The van der Waals surface area contributed by atoms with E-state index in [4.69, 9.17) is 0 Å². The van der Waals surface area contributed by atoms with Crippen molar-refractivity contribution >= 4 is 24.8 Å². The van der Waals surface area contributed by atoms with Gasteiger partial charge < -0.3 is 30.4 Å². The standard InChI is InChI=1S/C36H54N4O6/c1-29(27-41)37-24-18-10-8-6-4-3-5-7-9-17-23-33(25-31-19-13-11-14-20-31)36(38-34(43)44,26-32-21-15-12-16-22-32)40(30(2)28-42)39-35(45)46/h11-16,19-22,27-30,33,37-39H,3-10,17-18,23-26H2,1-2H3,(H,43,44)(H,45,46)/t29?,30-,33-,36?/m0/s1. The number of carboxylic acid groups (broad SMARTS) is 2. The zero-order valence-electron chi connectivity index (χ0n) is 27.5. The molecule has 0 bridgehead atoms. The molecule has 0 aliphatic rings. The first kappa shape index (κ1) is 38.4. The van der Waals surface area contributed by atoms with E-state index in [2.05, 4.69) is 16.1 Å². The summed E-state index contributed by atoms with van der Waals surface area (Å²) in [6.07, 6.45) is 11.1. The molecule has 0 fully saturated rings. The Morgan fingerprint density at radius 3 is 1.76 bits per heavy atom. The van der Waals surface area contributed by atoms with E-state index in [9.17, 15) is 29.4 Å². The van der Waals surface area contributed by atoms with E-state index in [0.29, 0.717) is 19.1 Å². The second-order valence-corrected chi connectivity index (χ2v) is 12.3. The van der Waals surface area contributed by atoms with Crippen molar-refractivity contribution in [1.29, 1.82) is 0 Å². The summed E-state index contributed by atoms with van der Waals surface area (Å²) in [5.74, 6) is -0.371. The van der Waals surface area contributed by atoms with E-state index in [1.54, 1.807) is 6.92 Å². The third-order valence-corrected chi connectivity index (χ3v) is 8.54. The van der Waals surface area contributed by atoms with E-state index in [1.165, 1.54) is 30.7 Å². The van der Waals surface area contributed by atoms with Crippen LogP contribution in [0.1, 0.15) is 95.6 Å². The monoisotopic (exact) mass is 638 g/mol. The molecular weight excluding hydrogens is 584 g/mol. The third kappa shape index (κ3) is 14.1. The molecule has 4 atom stereocenters. The van der Waals surface area contributed by atoms with Crippen molar-refractivity contribution in [2.45, 2.75) is 115 Å². The molecule has 0 heterocycles. The van der Waals surface area contributed by atoms with Gasteiger partial charge in [-0.1, -0.05) is 118 Å². The van der Waals surface area contributed by atoms with Gasteiger partial charge in [0, 0.05) is 12.3 Å². The van der Waals surface area contributed by atoms with Crippen LogP contribution in [-0.4, -0.2) is 64.3 Å². The number of rotatable bonds is 25. The van der Waals surface area contributed by atoms with Crippen LogP contribution in [0.5, 0.6) is 0 Å². The predicted molar refractivity (Wildman–Crippen MR) is 181 cm³/mol. The second kappa shape index (κ2) is 21.9. The summed E-state index contributed by atoms with van der Waals surface area (Å²) in [6.45, 7) is 4.30. The highest BCUT2D eigenvalue weighted by molar-refractivity contribution is 5.68. The normalized spacial score (nSPS) is 14.5. The Kier molecular flexibility index (Phi) is 18.3. The first-order chi connectivity index (χ1) is 22.2. The molecule has 2 unspecified atom stereocenters. The molecule has 5 N–H and O–H groups in total. The summed E-state index contributed by atoms with van der Waals surface area (Å²) in [7, 11) is 0. The van der Waals surface area contributed by atoms with Crippen LogP contribution < -0.4 is 16.1 Å². The first-order valence-electron chi connectivity index (χ1n) is 16.7. The molecule has 2 amide bonds. The summed E-state index contributed by atoms with van der Waals surface area (Å²) in [4.78, 5) is 47.3. The van der Waals surface area contributed by atoms with Gasteiger partial charge in [-0.15, -0.1) is 0 Å². The van der Waals surface area contributed by atoms with Gasteiger partial charge in [-0.3, -0.25) is 5.43 Å². The molecule has 0 aliphatic carbocycles. The lowest BCUT2D eigenvalue weighted by atomic mass is 9.78. The van der Waals surface area contributed by atoms with Gasteiger partial charge in [-0.2, -0.15) is 5.01 Å². The van der Waals surface area contributed by atoms with Gasteiger partial charge in [-0.25, -0.2) is 9.59 Å². The van der Waals surface area contributed by atoms with Crippen molar-refractivity contribution in [3.63, 3.8) is 0 Å². The van der Waals surface area contributed by atoms with Crippen LogP contribution >= 0.6 is 0 Å². The van der Waals surface area contributed by atoms with Crippen molar-refractivity contribution in [2.75, 3.05) is 6.54 Å². The van der Waals surface area contributed by atoms with Crippen molar-refractivity contribution < 1.29 is 29.4 Å². The molecule has 0 saturated heterocycles. The van der Waals surface area contributed by atoms with Gasteiger partial charge in [0.15, 0.2) is 0 Å². The maximum absolute atomic E-state index is 12.5. The van der Waals surface area contributed by atoms with Crippen molar-refractivity contribution in [3.05, 3.63) is 71.8 Å². The lowest BCUT2D eigenvalue weighted by Crippen LogP contribution is -2.72. The Morgan fingerprint density at radius 2 is 1.26 bits per heavy atom. The van der Waals surface area contributed by atoms with E-state index >= 15 is 0 Å². The number of hydrazine groups is 1. The third-order valence-electron chi connectivity index (χ3n) is 8.54. The lowest BCUT2D eigenvalue weighted by molar-refractivity contribution is -0.121. The van der Waals surface area contributed by atoms with Gasteiger partial charge in [0.05, 0.1) is 12.1 Å². The second-order valence-electron chi connectivity index (χ2n) is 12.3. The summed E-state index contributed by atoms with van der Waals surface area (Å²) in [5, 5.41) is 27.2. The highest BCUT2D eigenvalue weighted by Crippen LogP contribution is 2.34. The number of nitrogens with one attached hydrogen (secondary N) is 3. The molecule has 254 valence electrons. The van der Waals surface area contributed by atoms with Gasteiger partial charge in [0.2, 0.25) is 0 Å². The molecule has 2 aromatic rings. The Hall–Kier alpha value is -3.76. The molecular formula is C36H54N4O6. The quantitative estimate of drug-likeness (QED) is 0.0354. The highest BCUT2D eigenvalue weighted by atomic mass is 16.4. The smallest absolute Gasteiger partial charge is 0.419 e. The van der Waals surface area contributed by atoms with Crippen LogP contribution in [0.3, 0.4) is 0 Å². The molecule has 2 rings (SSSR count). The largest absolute Gasteiger partial charge is 0.465 e. The van der Waals surface area contributed by atoms with Crippen LogP contribution in [0.4, 0.5) is 9.59 Å². The molecule has 2 aromatic carbocycles. The van der Waals surface area contributed by atoms with Gasteiger partial charge in [-0.05, 0) is 50.8 Å². The minimum Gasteiger partial charge on any atom is -0.465 e. The molecule has 0 spiro atoms. The van der Waals surface area contributed by atoms with Crippen LogP contribution in [0.2, 0.25) is 0 Å². The molecule has 0 aromatic heterocycles. The molecule has 46 heavy (non-hydrogen) atoms. The molecule has 0 saturated carbocycles. The Labute approximate surface area is 274 Å². The van der Waals surface area contributed by atoms with E-state index in [0.717, 1.165) is 62.5 Å². The number of hydrogen-bond donors (Lipinski definition) is 5. The number of hydrogen-bond acceptors (Lipinski definition) is 6. The van der Waals surface area contributed by atoms with Crippen molar-refractivity contribution in [3.8, 4) is 0 Å². The van der Waals surface area contributed by atoms with E-state index in [-0.39, 0.29) is 18.4 Å². The highest BCUT2D eigenvalue weighted by Gasteiger charge is 2.48. The number of carbonyl (C=O) groups is 4. The summed E-state index contributed by atoms with van der Waals surface area (Å²) in [5.41, 5.74) is 2.75. The predicted octanol–water partition coefficient (Wildman–Crippen LogP) is 6.59. The number of benzene rings is 2. The van der Waals surface area contributed by atoms with Crippen LogP contribution in [0.25, 0.3) is 0 Å². The van der Waals surface area contributed by atoms with E-state index in [1.807, 2.05) is 67.6 Å². The van der Waals surface area contributed by atoms with Gasteiger partial charge in [0.1, 0.15) is 18.2 Å². The fourth-order valence-electron chi connectivity index (χ4n) is 6.17. The maximum atomic E-state index is 12.5. The maximum Gasteiger partial charge on any atom is 0.419 e. The first-order valence-corrected chi connectivity index (χ1v) is 16.7. The number of unbranched alkanes of at least 4 members (excludes halogenated alkanes) is 9. The summed E-state index contributed by atoms with van der Waals surface area (Å²) < 4.78 is 0. The van der Waals surface area contributed by atoms with Gasteiger partial charge >= 0.3 is 12.2 Å². The van der Waals surface area contributed by atoms with Crippen molar-refractivity contribution in [1.82, 2.24) is 21.1 Å². The molecule has 0 radical (unpaired) electrons. The Morgan fingerprint density at radius 1 is 0.739 bits per heavy atom. The fourth-order valence-corrected chi connectivity index (χ4v) is 6.17. The average molecular weight is 639 g/mol. The summed E-state index contributed by atoms with van der Waals surface area (Å²) in [6, 6.07) is 18.1. The van der Waals surface area contributed by atoms with Crippen LogP contribution in [0, 0.1) is 5.92 Å². The molecule has 0 aliphatic heterocycles. The number of carbonyl (C=O) groups excluding carboxylic acids is 2. The molecule has 10 heteroatoms. The van der Waals surface area contributed by atoms with Crippen LogP contribution in [0.15, 0.2) is 60.7 Å². The Balaban J connectivity index is 2.15. The van der Waals surface area contributed by atoms with Gasteiger partial charge in [0.25, 0.3) is 0 Å². The zero-order chi connectivity index (χ0) is 33.6. The number of aldehydes is 2. The lowest BCUT2D eigenvalue weighted by Gasteiger charge is -2.49. The minimum absolute atomic E-state index is 0.0809. The average Bonchev–Trinajstić information content (AvgIpc) is 3.05. The fraction of sp³-hybridized carbons (Fsp3) is 0.556. The molecule has 10 nitrogen and oxygen atoms in total. The number of nitrogens with zero attached hydrogens (tertiary/aromatic N) is 1. The van der Waals surface area contributed by atoms with E-state index < -0.39 is 23.9 Å². The topological polar surface area (TPSA) is 148 Å². The minimum atomic E-state index is -1.46. The van der Waals surface area contributed by atoms with Crippen LogP contribution in [-0.2, 0) is 22.4 Å². The SMILES string of the molecule is CC(C=O)NCCCCCCCCCCCC[C@@H](Cc1ccccc1)C(Cc1ccccc1)(NC(=O)O)N(NC(=O)O)[C@@H](C)C=O. The summed E-state index contributed by atoms with van der Waals surface area (Å²) >= 11 is 0.